The summed E-state index contributed by atoms with van der Waals surface area (Å²) in [5.41, 5.74) is 2.59. The average molecular weight is 621 g/mol. The van der Waals surface area contributed by atoms with Gasteiger partial charge in [-0.15, -0.1) is 68.0 Å². The zero-order valence-corrected chi connectivity index (χ0v) is 26.0. The molecule has 0 saturated carbocycles. The molecule has 0 atom stereocenters. The van der Waals surface area contributed by atoms with Crippen molar-refractivity contribution in [3.63, 3.8) is 0 Å². The Bertz CT molecular complexity index is 2060. The summed E-state index contributed by atoms with van der Waals surface area (Å²) < 4.78 is 5.54. The lowest BCUT2D eigenvalue weighted by Crippen LogP contribution is -1.71. The summed E-state index contributed by atoms with van der Waals surface area (Å²) in [6, 6.07) is 31.7. The fourth-order valence-electron chi connectivity index (χ4n) is 5.00. The molecule has 0 radical (unpaired) electrons. The van der Waals surface area contributed by atoms with Crippen LogP contribution in [0.1, 0.15) is 9.75 Å². The van der Waals surface area contributed by atoms with Crippen molar-refractivity contribution in [1.82, 2.24) is 0 Å². The second kappa shape index (κ2) is 9.77. The number of benzene rings is 2. The van der Waals surface area contributed by atoms with E-state index in [-0.39, 0.29) is 0 Å². The third-order valence-electron chi connectivity index (χ3n) is 7.01. The molecular weight excluding hydrogens is 601 g/mol. The molecule has 6 heterocycles. The first-order chi connectivity index (χ1) is 19.7. The maximum Gasteiger partial charge on any atom is 0.0542 e. The van der Waals surface area contributed by atoms with E-state index in [0.717, 1.165) is 0 Å². The van der Waals surface area contributed by atoms with Crippen molar-refractivity contribution in [3.8, 4) is 40.4 Å². The number of hydrogen-bond donors (Lipinski definition) is 0. The van der Waals surface area contributed by atoms with Gasteiger partial charge in [-0.1, -0.05) is 49.6 Å². The van der Waals surface area contributed by atoms with Crippen LogP contribution in [-0.4, -0.2) is 0 Å². The van der Waals surface area contributed by atoms with Crippen LogP contribution in [0, 0.1) is 0 Å². The number of fused-ring (bicyclic) bond motifs is 5. The van der Waals surface area contributed by atoms with Crippen LogP contribution in [0.15, 0.2) is 98.1 Å². The Balaban J connectivity index is 1.13. The van der Waals surface area contributed by atoms with Crippen molar-refractivity contribution in [2.24, 2.45) is 0 Å². The highest BCUT2D eigenvalue weighted by Crippen LogP contribution is 2.47. The van der Waals surface area contributed by atoms with Crippen LogP contribution >= 0.6 is 68.0 Å². The molecule has 40 heavy (non-hydrogen) atoms. The van der Waals surface area contributed by atoms with Crippen LogP contribution in [0.4, 0.5) is 0 Å². The van der Waals surface area contributed by atoms with Crippen LogP contribution in [0.25, 0.3) is 82.1 Å². The lowest BCUT2D eigenvalue weighted by Gasteiger charge is -1.99. The van der Waals surface area contributed by atoms with Crippen molar-refractivity contribution in [3.05, 3.63) is 108 Å². The molecular formula is C34H20S6. The third-order valence-corrected chi connectivity index (χ3v) is 14.3. The average Bonchev–Trinajstić information content (AvgIpc) is 3.81. The zero-order valence-electron chi connectivity index (χ0n) is 21.1. The van der Waals surface area contributed by atoms with Gasteiger partial charge in [0, 0.05) is 59.2 Å². The highest BCUT2D eigenvalue weighted by molar-refractivity contribution is 7.36. The molecule has 6 aromatic heterocycles. The molecule has 0 saturated heterocycles. The molecule has 0 N–H and O–H groups in total. The fourth-order valence-corrected chi connectivity index (χ4v) is 11.6. The first kappa shape index (κ1) is 24.7. The zero-order chi connectivity index (χ0) is 26.8. The SMILES string of the molecule is C=Cc1ccc(-c2ccc(-c3ccc4c(c3)sc3c5ccc(-c6ccc(-c7ccc(C=C)s7)s6)cc5sc43)s2)s1. The Hall–Kier alpha value is -3.10. The monoisotopic (exact) mass is 620 g/mol. The summed E-state index contributed by atoms with van der Waals surface area (Å²) in [7, 11) is 0. The summed E-state index contributed by atoms with van der Waals surface area (Å²) in [4.78, 5) is 10.3. The van der Waals surface area contributed by atoms with Gasteiger partial charge in [0.1, 0.15) is 0 Å². The van der Waals surface area contributed by atoms with Gasteiger partial charge in [0.15, 0.2) is 0 Å². The second-order valence-corrected chi connectivity index (χ2v) is 15.9. The van der Waals surface area contributed by atoms with Crippen molar-refractivity contribution in [1.29, 1.82) is 0 Å². The van der Waals surface area contributed by atoms with Gasteiger partial charge in [-0.2, -0.15) is 0 Å². The second-order valence-electron chi connectivity index (χ2n) is 9.42. The molecule has 0 bridgehead atoms. The standard InChI is InChI=1S/C34H20S6/c1-3-21-7-11-27(35-21)29-15-13-25(37-29)19-5-9-23-31(17-19)39-34-24-10-6-20(18-32(24)40-33(23)34)26-14-16-30(38-26)28-12-8-22(4-2)36-28/h3-18H,1-2H2. The number of rotatable bonds is 6. The van der Waals surface area contributed by atoms with Crippen LogP contribution in [-0.2, 0) is 0 Å². The molecule has 0 spiro atoms. The fraction of sp³-hybridized carbons (Fsp3) is 0. The van der Waals surface area contributed by atoms with Gasteiger partial charge >= 0.3 is 0 Å². The first-order valence-electron chi connectivity index (χ1n) is 12.7. The largest absolute Gasteiger partial charge is 0.135 e. The minimum absolute atomic E-state index is 1.21. The van der Waals surface area contributed by atoms with Crippen LogP contribution in [0.2, 0.25) is 0 Å². The summed E-state index contributed by atoms with van der Waals surface area (Å²) in [6.07, 6.45) is 3.85. The predicted octanol–water partition coefficient (Wildman–Crippen LogP) is 13.5. The molecule has 0 unspecified atom stereocenters. The quantitative estimate of drug-likeness (QED) is 0.173. The van der Waals surface area contributed by atoms with Crippen LogP contribution < -0.4 is 0 Å². The lowest BCUT2D eigenvalue weighted by atomic mass is 10.1. The van der Waals surface area contributed by atoms with Gasteiger partial charge in [-0.05, 0) is 71.8 Å². The number of hydrogen-bond acceptors (Lipinski definition) is 6. The molecule has 0 fully saturated rings. The molecule has 0 aliphatic carbocycles. The van der Waals surface area contributed by atoms with E-state index in [0.29, 0.717) is 0 Å². The predicted molar refractivity (Wildman–Crippen MR) is 188 cm³/mol. The first-order valence-corrected chi connectivity index (χ1v) is 17.6. The van der Waals surface area contributed by atoms with Gasteiger partial charge in [-0.25, -0.2) is 0 Å². The lowest BCUT2D eigenvalue weighted by molar-refractivity contribution is 1.81. The van der Waals surface area contributed by atoms with Crippen molar-refractivity contribution < 1.29 is 0 Å². The maximum absolute atomic E-state index is 3.90. The Morgan fingerprint density at radius 3 is 1.23 bits per heavy atom. The minimum Gasteiger partial charge on any atom is -0.135 e. The summed E-state index contributed by atoms with van der Waals surface area (Å²) >= 11 is 11.2. The molecule has 2 aromatic carbocycles. The van der Waals surface area contributed by atoms with E-state index < -0.39 is 0 Å². The van der Waals surface area contributed by atoms with Gasteiger partial charge in [0.05, 0.1) is 9.40 Å². The Morgan fingerprint density at radius 2 is 0.800 bits per heavy atom. The van der Waals surface area contributed by atoms with E-state index >= 15 is 0 Å². The summed E-state index contributed by atoms with van der Waals surface area (Å²) in [5.74, 6) is 0. The normalized spacial score (nSPS) is 11.7. The third kappa shape index (κ3) is 4.10. The van der Waals surface area contributed by atoms with E-state index in [1.54, 1.807) is 22.7 Å². The molecule has 6 heteroatoms. The molecule has 0 aliphatic rings. The topological polar surface area (TPSA) is 0 Å². The maximum atomic E-state index is 3.90. The van der Waals surface area contributed by atoms with Gasteiger partial charge < -0.3 is 0 Å². The molecule has 0 aliphatic heterocycles. The molecule has 0 nitrogen and oxygen atoms in total. The summed E-state index contributed by atoms with van der Waals surface area (Å²) in [5, 5.41) is 2.73. The van der Waals surface area contributed by atoms with Gasteiger partial charge in [-0.3, -0.25) is 0 Å². The van der Waals surface area contributed by atoms with E-state index in [9.17, 15) is 0 Å². The van der Waals surface area contributed by atoms with E-state index in [4.69, 9.17) is 0 Å². The highest BCUT2D eigenvalue weighted by Gasteiger charge is 2.15. The molecule has 0 amide bonds. The minimum atomic E-state index is 1.21. The molecule has 8 rings (SSSR count). The molecule has 192 valence electrons. The van der Waals surface area contributed by atoms with Gasteiger partial charge in [0.2, 0.25) is 0 Å². The Morgan fingerprint density at radius 1 is 0.400 bits per heavy atom. The Kier molecular flexibility index (Phi) is 6.03. The van der Waals surface area contributed by atoms with Crippen molar-refractivity contribution >= 4 is 110 Å². The molecule has 8 aromatic rings. The van der Waals surface area contributed by atoms with E-state index in [1.807, 2.05) is 57.5 Å². The van der Waals surface area contributed by atoms with Gasteiger partial charge in [0.25, 0.3) is 0 Å². The van der Waals surface area contributed by atoms with Crippen molar-refractivity contribution in [2.75, 3.05) is 0 Å². The highest BCUT2D eigenvalue weighted by atomic mass is 32.1. The Labute approximate surface area is 256 Å². The van der Waals surface area contributed by atoms with E-state index in [1.165, 1.54) is 79.7 Å². The summed E-state index contributed by atoms with van der Waals surface area (Å²) in [6.45, 7) is 7.80. The number of thiophene rings is 6. The smallest absolute Gasteiger partial charge is 0.0542 e. The van der Waals surface area contributed by atoms with Crippen LogP contribution in [0.3, 0.4) is 0 Å². The van der Waals surface area contributed by atoms with E-state index in [2.05, 4.69) is 98.1 Å². The van der Waals surface area contributed by atoms with Crippen LogP contribution in [0.5, 0.6) is 0 Å². The van der Waals surface area contributed by atoms with Crippen molar-refractivity contribution in [2.45, 2.75) is 0 Å².